The number of benzene rings is 4. The average molecular weight is 494 g/mol. The normalized spacial score (nSPS) is 16.6. The number of aryl methyl sites for hydroxylation is 2. The molecule has 1 fully saturated rings. The Morgan fingerprint density at radius 2 is 1.69 bits per heavy atom. The molecule has 1 aliphatic heterocycles. The molecule has 5 nitrogen and oxygen atoms in total. The molecule has 6 heteroatoms. The number of fused-ring (bicyclic) bond motifs is 1. The summed E-state index contributed by atoms with van der Waals surface area (Å²) in [7, 11) is 0. The van der Waals surface area contributed by atoms with E-state index >= 15 is 0 Å². The number of nitrogens with zero attached hydrogens (tertiary/aromatic N) is 2. The van der Waals surface area contributed by atoms with Crippen molar-refractivity contribution < 1.29 is 9.59 Å². The Kier molecular flexibility index (Phi) is 6.87. The van der Waals surface area contributed by atoms with Crippen LogP contribution in [0, 0.1) is 13.8 Å². The summed E-state index contributed by atoms with van der Waals surface area (Å²) in [6.45, 7) is 4.45. The lowest BCUT2D eigenvalue weighted by Gasteiger charge is -2.17. The fourth-order valence-electron chi connectivity index (χ4n) is 4.28. The van der Waals surface area contributed by atoms with Crippen molar-refractivity contribution in [3.63, 3.8) is 0 Å². The molecule has 0 spiro atoms. The van der Waals surface area contributed by atoms with E-state index in [0.29, 0.717) is 11.7 Å². The summed E-state index contributed by atoms with van der Waals surface area (Å²) in [5.74, 6) is -0.286. The van der Waals surface area contributed by atoms with Gasteiger partial charge in [-0.1, -0.05) is 90.6 Å². The number of nitrogens with one attached hydrogen (secondary N) is 1. The highest BCUT2D eigenvalue weighted by Crippen LogP contribution is 2.34. The molecule has 4 aromatic carbocycles. The van der Waals surface area contributed by atoms with E-state index in [1.165, 1.54) is 11.8 Å². The lowest BCUT2D eigenvalue weighted by atomic mass is 10.1. The van der Waals surface area contributed by atoms with E-state index in [9.17, 15) is 9.59 Å². The fourth-order valence-corrected chi connectivity index (χ4v) is 5.43. The maximum Gasteiger partial charge on any atom is 0.242 e. The van der Waals surface area contributed by atoms with Crippen molar-refractivity contribution >= 4 is 50.9 Å². The van der Waals surface area contributed by atoms with Crippen molar-refractivity contribution in [1.29, 1.82) is 0 Å². The molecule has 1 heterocycles. The smallest absolute Gasteiger partial charge is 0.242 e. The second-order valence-electron chi connectivity index (χ2n) is 8.98. The minimum Gasteiger partial charge on any atom is -0.325 e. The zero-order chi connectivity index (χ0) is 25.1. The van der Waals surface area contributed by atoms with Crippen molar-refractivity contribution in [1.82, 2.24) is 4.90 Å². The Labute approximate surface area is 215 Å². The van der Waals surface area contributed by atoms with Crippen molar-refractivity contribution in [3.8, 4) is 0 Å². The fraction of sp³-hybridized carbons (Fsp3) is 0.167. The second-order valence-corrected chi connectivity index (χ2v) is 10.1. The summed E-state index contributed by atoms with van der Waals surface area (Å²) in [6.07, 6.45) is 0.0732. The summed E-state index contributed by atoms with van der Waals surface area (Å²) >= 11 is 1.36. The summed E-state index contributed by atoms with van der Waals surface area (Å²) in [5, 5.41) is 5.13. The molecule has 0 aromatic heterocycles. The van der Waals surface area contributed by atoms with Gasteiger partial charge in [0.15, 0.2) is 5.17 Å². The van der Waals surface area contributed by atoms with Crippen LogP contribution in [-0.4, -0.2) is 27.1 Å². The van der Waals surface area contributed by atoms with E-state index < -0.39 is 5.25 Å². The van der Waals surface area contributed by atoms with E-state index in [1.54, 1.807) is 4.90 Å². The third kappa shape index (κ3) is 5.19. The summed E-state index contributed by atoms with van der Waals surface area (Å²) in [5.41, 5.74) is 4.75. The predicted octanol–water partition coefficient (Wildman–Crippen LogP) is 6.62. The summed E-state index contributed by atoms with van der Waals surface area (Å²) < 4.78 is 0. The molecule has 1 atom stereocenters. The molecule has 5 rings (SSSR count). The first-order valence-corrected chi connectivity index (χ1v) is 12.8. The van der Waals surface area contributed by atoms with Gasteiger partial charge in [0.25, 0.3) is 0 Å². The van der Waals surface area contributed by atoms with Gasteiger partial charge >= 0.3 is 0 Å². The first kappa shape index (κ1) is 23.8. The molecule has 1 aliphatic rings. The van der Waals surface area contributed by atoms with Gasteiger partial charge in [-0.3, -0.25) is 14.5 Å². The van der Waals surface area contributed by atoms with Crippen LogP contribution in [0.1, 0.15) is 23.1 Å². The Bertz CT molecular complexity index is 1460. The van der Waals surface area contributed by atoms with Crippen LogP contribution in [0.3, 0.4) is 0 Å². The Hall–Kier alpha value is -3.90. The maximum absolute atomic E-state index is 13.5. The lowest BCUT2D eigenvalue weighted by molar-refractivity contribution is -0.128. The van der Waals surface area contributed by atoms with E-state index in [-0.39, 0.29) is 18.2 Å². The highest BCUT2D eigenvalue weighted by molar-refractivity contribution is 8.15. The van der Waals surface area contributed by atoms with Crippen LogP contribution >= 0.6 is 11.8 Å². The van der Waals surface area contributed by atoms with Crippen LogP contribution in [-0.2, 0) is 16.1 Å². The number of aliphatic imine (C=N–C) groups is 1. The molecule has 1 unspecified atom stereocenters. The first-order valence-electron chi connectivity index (χ1n) is 11.9. The van der Waals surface area contributed by atoms with Gasteiger partial charge in [0, 0.05) is 17.5 Å². The number of carbonyl (C=O) groups excluding carboxylic acids is 2. The monoisotopic (exact) mass is 493 g/mol. The minimum absolute atomic E-state index is 0.0732. The van der Waals surface area contributed by atoms with E-state index in [1.807, 2.05) is 105 Å². The van der Waals surface area contributed by atoms with Gasteiger partial charge in [0.1, 0.15) is 5.25 Å². The molecule has 0 saturated carbocycles. The topological polar surface area (TPSA) is 61.8 Å². The number of rotatable bonds is 6. The van der Waals surface area contributed by atoms with Crippen molar-refractivity contribution in [2.45, 2.75) is 32.1 Å². The Morgan fingerprint density at radius 1 is 0.944 bits per heavy atom. The van der Waals surface area contributed by atoms with Crippen LogP contribution in [0.5, 0.6) is 0 Å². The number of carbonyl (C=O) groups is 2. The van der Waals surface area contributed by atoms with Crippen molar-refractivity contribution in [3.05, 3.63) is 108 Å². The number of thioether (sulfide) groups is 1. The molecular formula is C30H27N3O2S. The number of anilines is 1. The van der Waals surface area contributed by atoms with E-state index in [0.717, 1.165) is 38.8 Å². The average Bonchev–Trinajstić information content (AvgIpc) is 3.16. The Balaban J connectivity index is 1.40. The molecular weight excluding hydrogens is 466 g/mol. The zero-order valence-electron chi connectivity index (χ0n) is 20.3. The molecule has 4 aromatic rings. The van der Waals surface area contributed by atoms with Gasteiger partial charge in [0.2, 0.25) is 11.8 Å². The molecule has 0 radical (unpaired) electrons. The molecule has 36 heavy (non-hydrogen) atoms. The number of hydrogen-bond acceptors (Lipinski definition) is 4. The highest BCUT2D eigenvalue weighted by Gasteiger charge is 2.39. The quantitative estimate of drug-likeness (QED) is 0.328. The van der Waals surface area contributed by atoms with Crippen molar-refractivity contribution in [2.75, 3.05) is 5.32 Å². The second kappa shape index (κ2) is 10.4. The van der Waals surface area contributed by atoms with E-state index in [4.69, 9.17) is 4.99 Å². The summed E-state index contributed by atoms with van der Waals surface area (Å²) in [4.78, 5) is 33.1. The standard InChI is InChI=1S/C30H27N3O2S/c1-20-15-16-21(2)26(17-20)32-30-33(19-22-9-4-3-5-10-22)29(35)27(36-30)18-28(34)31-25-14-8-12-23-11-6-7-13-24(23)25/h3-17,27H,18-19H2,1-2H3,(H,31,34). The maximum atomic E-state index is 13.5. The van der Waals surface area contributed by atoms with Gasteiger partial charge in [-0.2, -0.15) is 0 Å². The third-order valence-corrected chi connectivity index (χ3v) is 7.39. The summed E-state index contributed by atoms with van der Waals surface area (Å²) in [6, 6.07) is 29.7. The number of hydrogen-bond donors (Lipinski definition) is 1. The SMILES string of the molecule is Cc1ccc(C)c(N=C2SC(CC(=O)Nc3cccc4ccccc34)C(=O)N2Cc2ccccc2)c1. The van der Waals surface area contributed by atoms with Gasteiger partial charge in [-0.15, -0.1) is 0 Å². The lowest BCUT2D eigenvalue weighted by Crippen LogP contribution is -2.33. The van der Waals surface area contributed by atoms with Crippen LogP contribution in [0.2, 0.25) is 0 Å². The third-order valence-electron chi connectivity index (χ3n) is 6.22. The van der Waals surface area contributed by atoms with E-state index in [2.05, 4.69) is 5.32 Å². The highest BCUT2D eigenvalue weighted by atomic mass is 32.2. The molecule has 0 aliphatic carbocycles. The van der Waals surface area contributed by atoms with Crippen LogP contribution < -0.4 is 5.32 Å². The van der Waals surface area contributed by atoms with Gasteiger partial charge in [-0.25, -0.2) is 4.99 Å². The Morgan fingerprint density at radius 3 is 2.53 bits per heavy atom. The van der Waals surface area contributed by atoms with Crippen molar-refractivity contribution in [2.24, 2.45) is 4.99 Å². The van der Waals surface area contributed by atoms with Gasteiger partial charge in [0.05, 0.1) is 12.2 Å². The zero-order valence-corrected chi connectivity index (χ0v) is 21.1. The van der Waals surface area contributed by atoms with Crippen LogP contribution in [0.15, 0.2) is 96.0 Å². The molecule has 180 valence electrons. The van der Waals surface area contributed by atoms with Gasteiger partial charge < -0.3 is 5.32 Å². The first-order chi connectivity index (χ1) is 17.5. The minimum atomic E-state index is -0.535. The molecule has 2 amide bonds. The predicted molar refractivity (Wildman–Crippen MR) is 149 cm³/mol. The van der Waals surface area contributed by atoms with Crippen LogP contribution in [0.4, 0.5) is 11.4 Å². The largest absolute Gasteiger partial charge is 0.325 e. The van der Waals surface area contributed by atoms with Gasteiger partial charge in [-0.05, 0) is 48.1 Å². The molecule has 0 bridgehead atoms. The molecule has 1 N–H and O–H groups in total. The van der Waals surface area contributed by atoms with Crippen LogP contribution in [0.25, 0.3) is 10.8 Å². The molecule has 1 saturated heterocycles. The number of amides is 2. The number of amidine groups is 1.